The molecule has 3 nitrogen and oxygen atoms in total. The Morgan fingerprint density at radius 3 is 2.79 bits per heavy atom. The van der Waals surface area contributed by atoms with Gasteiger partial charge in [-0.2, -0.15) is 0 Å². The van der Waals surface area contributed by atoms with Crippen molar-refractivity contribution < 1.29 is 9.90 Å². The summed E-state index contributed by atoms with van der Waals surface area (Å²) in [6, 6.07) is -0.0825. The van der Waals surface area contributed by atoms with E-state index in [0.29, 0.717) is 11.8 Å². The molecule has 80 valence electrons. The minimum absolute atomic E-state index is 0.286. The molecule has 1 rings (SSSR count). The van der Waals surface area contributed by atoms with Crippen LogP contribution in [0.15, 0.2) is 12.7 Å². The van der Waals surface area contributed by atoms with Crippen LogP contribution in [0.1, 0.15) is 26.7 Å². The zero-order valence-electron chi connectivity index (χ0n) is 8.86. The quantitative estimate of drug-likeness (QED) is 0.674. The summed E-state index contributed by atoms with van der Waals surface area (Å²) in [5.41, 5.74) is 0. The Kier molecular flexibility index (Phi) is 3.69. The molecule has 0 aliphatic carbocycles. The molecule has 1 aliphatic heterocycles. The molecule has 14 heavy (non-hydrogen) atoms. The number of hydrogen-bond acceptors (Lipinski definition) is 2. The molecule has 3 heteroatoms. The van der Waals surface area contributed by atoms with Crippen LogP contribution in [0.3, 0.4) is 0 Å². The van der Waals surface area contributed by atoms with Gasteiger partial charge < -0.3 is 10.4 Å². The van der Waals surface area contributed by atoms with Gasteiger partial charge >= 0.3 is 5.97 Å². The predicted molar refractivity (Wildman–Crippen MR) is 56.1 cm³/mol. The summed E-state index contributed by atoms with van der Waals surface area (Å²) in [5.74, 6) is 0.244. The van der Waals surface area contributed by atoms with E-state index in [0.717, 1.165) is 12.8 Å². The molecule has 0 aromatic heterocycles. The zero-order chi connectivity index (χ0) is 10.7. The van der Waals surface area contributed by atoms with Crippen molar-refractivity contribution in [1.29, 1.82) is 0 Å². The fourth-order valence-electron chi connectivity index (χ4n) is 2.22. The lowest BCUT2D eigenvalue weighted by atomic mass is 9.86. The van der Waals surface area contributed by atoms with E-state index in [4.69, 9.17) is 5.11 Å². The molecule has 3 atom stereocenters. The number of rotatable bonds is 4. The van der Waals surface area contributed by atoms with Gasteiger partial charge in [-0.1, -0.05) is 19.9 Å². The molecule has 2 N–H and O–H groups in total. The van der Waals surface area contributed by atoms with E-state index in [1.807, 2.05) is 6.08 Å². The van der Waals surface area contributed by atoms with Crippen LogP contribution in [0.2, 0.25) is 0 Å². The third-order valence-corrected chi connectivity index (χ3v) is 3.01. The molecule has 0 aromatic carbocycles. The van der Waals surface area contributed by atoms with E-state index in [1.54, 1.807) is 0 Å². The van der Waals surface area contributed by atoms with Crippen molar-refractivity contribution in [3.8, 4) is 0 Å². The Balaban J connectivity index is 2.64. The number of carboxylic acids is 1. The van der Waals surface area contributed by atoms with E-state index < -0.39 is 5.97 Å². The van der Waals surface area contributed by atoms with Crippen molar-refractivity contribution in [2.24, 2.45) is 11.8 Å². The maximum absolute atomic E-state index is 10.8. The summed E-state index contributed by atoms with van der Waals surface area (Å²) in [6.07, 6.45) is 3.45. The molecule has 1 heterocycles. The lowest BCUT2D eigenvalue weighted by molar-refractivity contribution is -0.139. The summed E-state index contributed by atoms with van der Waals surface area (Å²) in [4.78, 5) is 10.8. The van der Waals surface area contributed by atoms with Crippen molar-refractivity contribution in [3.05, 3.63) is 12.7 Å². The Hall–Kier alpha value is -0.830. The van der Waals surface area contributed by atoms with Crippen molar-refractivity contribution >= 4 is 5.97 Å². The topological polar surface area (TPSA) is 49.3 Å². The van der Waals surface area contributed by atoms with Gasteiger partial charge in [0.25, 0.3) is 0 Å². The van der Waals surface area contributed by atoms with E-state index in [1.165, 1.54) is 0 Å². The van der Waals surface area contributed by atoms with Gasteiger partial charge in [0.05, 0.1) is 0 Å². The molecule has 0 radical (unpaired) electrons. The molecule has 1 aliphatic rings. The maximum atomic E-state index is 10.8. The zero-order valence-corrected chi connectivity index (χ0v) is 8.86. The van der Waals surface area contributed by atoms with Gasteiger partial charge in [0, 0.05) is 6.04 Å². The average molecular weight is 197 g/mol. The standard InChI is InChI=1S/C11H19NO2/c1-4-5-9-8(7(2)3)6-10(12-9)11(13)14/h4,7-10,12H,1,5-6H2,2-3H3,(H,13,14)/t8?,9?,10-/m1/s1. The predicted octanol–water partition coefficient (Wildman–Crippen LogP) is 1.65. The summed E-state index contributed by atoms with van der Waals surface area (Å²) in [5, 5.41) is 12.1. The highest BCUT2D eigenvalue weighted by Crippen LogP contribution is 2.29. The summed E-state index contributed by atoms with van der Waals surface area (Å²) in [6.45, 7) is 7.99. The highest BCUT2D eigenvalue weighted by molar-refractivity contribution is 5.74. The van der Waals surface area contributed by atoms with E-state index in [9.17, 15) is 4.79 Å². The molecule has 0 bridgehead atoms. The average Bonchev–Trinajstić information content (AvgIpc) is 2.49. The van der Waals surface area contributed by atoms with Crippen LogP contribution in [0, 0.1) is 11.8 Å². The first-order valence-electron chi connectivity index (χ1n) is 5.16. The lowest BCUT2D eigenvalue weighted by Gasteiger charge is -2.21. The Morgan fingerprint density at radius 2 is 2.36 bits per heavy atom. The first kappa shape index (κ1) is 11.2. The van der Waals surface area contributed by atoms with Gasteiger partial charge in [-0.3, -0.25) is 4.79 Å². The fourth-order valence-corrected chi connectivity index (χ4v) is 2.22. The Bertz CT molecular complexity index is 225. The Morgan fingerprint density at radius 1 is 1.71 bits per heavy atom. The van der Waals surface area contributed by atoms with Crippen molar-refractivity contribution in [1.82, 2.24) is 5.32 Å². The first-order valence-corrected chi connectivity index (χ1v) is 5.16. The third kappa shape index (κ3) is 2.35. The van der Waals surface area contributed by atoms with Crippen LogP contribution in [0.5, 0.6) is 0 Å². The van der Waals surface area contributed by atoms with Crippen LogP contribution < -0.4 is 5.32 Å². The molecule has 1 fully saturated rings. The molecule has 0 aromatic rings. The van der Waals surface area contributed by atoms with Gasteiger partial charge in [0.1, 0.15) is 6.04 Å². The van der Waals surface area contributed by atoms with Gasteiger partial charge in [0.2, 0.25) is 0 Å². The minimum Gasteiger partial charge on any atom is -0.480 e. The van der Waals surface area contributed by atoms with Crippen molar-refractivity contribution in [2.75, 3.05) is 0 Å². The van der Waals surface area contributed by atoms with Gasteiger partial charge in [-0.05, 0) is 24.7 Å². The van der Waals surface area contributed by atoms with Gasteiger partial charge in [-0.25, -0.2) is 0 Å². The first-order chi connectivity index (χ1) is 6.56. The Labute approximate surface area is 85.2 Å². The van der Waals surface area contributed by atoms with Crippen molar-refractivity contribution in [2.45, 2.75) is 38.8 Å². The molecular weight excluding hydrogens is 178 g/mol. The number of hydrogen-bond donors (Lipinski definition) is 2. The molecule has 0 saturated carbocycles. The van der Waals surface area contributed by atoms with Crippen LogP contribution >= 0.6 is 0 Å². The molecule has 0 spiro atoms. The fraction of sp³-hybridized carbons (Fsp3) is 0.727. The minimum atomic E-state index is -0.734. The largest absolute Gasteiger partial charge is 0.480 e. The second-order valence-electron chi connectivity index (χ2n) is 4.33. The third-order valence-electron chi connectivity index (χ3n) is 3.01. The number of carboxylic acid groups (broad SMARTS) is 1. The van der Waals surface area contributed by atoms with Gasteiger partial charge in [0.15, 0.2) is 0 Å². The van der Waals surface area contributed by atoms with Crippen LogP contribution in [0.25, 0.3) is 0 Å². The van der Waals surface area contributed by atoms with E-state index in [2.05, 4.69) is 25.7 Å². The normalized spacial score (nSPS) is 32.1. The van der Waals surface area contributed by atoms with Crippen LogP contribution in [0.4, 0.5) is 0 Å². The lowest BCUT2D eigenvalue weighted by Crippen LogP contribution is -2.36. The highest BCUT2D eigenvalue weighted by Gasteiger charge is 2.37. The summed E-state index contributed by atoms with van der Waals surface area (Å²) in [7, 11) is 0. The SMILES string of the molecule is C=CCC1N[C@@H](C(=O)O)CC1C(C)C. The summed E-state index contributed by atoms with van der Waals surface area (Å²) >= 11 is 0. The van der Waals surface area contributed by atoms with Gasteiger partial charge in [-0.15, -0.1) is 6.58 Å². The number of nitrogens with one attached hydrogen (secondary N) is 1. The van der Waals surface area contributed by atoms with Crippen molar-refractivity contribution in [3.63, 3.8) is 0 Å². The number of aliphatic carboxylic acids is 1. The van der Waals surface area contributed by atoms with E-state index in [-0.39, 0.29) is 12.1 Å². The molecule has 1 saturated heterocycles. The van der Waals surface area contributed by atoms with E-state index >= 15 is 0 Å². The summed E-state index contributed by atoms with van der Waals surface area (Å²) < 4.78 is 0. The smallest absolute Gasteiger partial charge is 0.320 e. The second kappa shape index (κ2) is 4.60. The monoisotopic (exact) mass is 197 g/mol. The molecule has 2 unspecified atom stereocenters. The second-order valence-corrected chi connectivity index (χ2v) is 4.33. The molecule has 0 amide bonds. The van der Waals surface area contributed by atoms with Crippen LogP contribution in [-0.2, 0) is 4.79 Å². The molecular formula is C11H19NO2. The van der Waals surface area contributed by atoms with Crippen LogP contribution in [-0.4, -0.2) is 23.2 Å². The number of carbonyl (C=O) groups is 1. The highest BCUT2D eigenvalue weighted by atomic mass is 16.4. The maximum Gasteiger partial charge on any atom is 0.320 e.